The van der Waals surface area contributed by atoms with E-state index in [9.17, 15) is 4.79 Å². The molecule has 1 amide bonds. The Labute approximate surface area is 54.5 Å². The van der Waals surface area contributed by atoms with Gasteiger partial charge in [-0.1, -0.05) is 6.92 Å². The standard InChI is InChI=1S/C6H10N2O/c1-3-6(2,4-7)5(8)9/h3H2,1-2H3,(H2,8,9)/t6-/m0/s1. The molecule has 0 fully saturated rings. The van der Waals surface area contributed by atoms with Crippen LogP contribution in [0.25, 0.3) is 0 Å². The summed E-state index contributed by atoms with van der Waals surface area (Å²) in [5.74, 6) is -0.549. The van der Waals surface area contributed by atoms with Gasteiger partial charge in [0.25, 0.3) is 0 Å². The van der Waals surface area contributed by atoms with Gasteiger partial charge in [0.1, 0.15) is 5.41 Å². The second kappa shape index (κ2) is 2.49. The first-order chi connectivity index (χ1) is 4.06. The Hall–Kier alpha value is -1.04. The largest absolute Gasteiger partial charge is 0.368 e. The summed E-state index contributed by atoms with van der Waals surface area (Å²) in [4.78, 5) is 10.5. The monoisotopic (exact) mass is 126 g/mol. The van der Waals surface area contributed by atoms with Crippen LogP contribution < -0.4 is 5.73 Å². The zero-order chi connectivity index (χ0) is 7.49. The van der Waals surface area contributed by atoms with Crippen molar-refractivity contribution in [3.05, 3.63) is 0 Å². The van der Waals surface area contributed by atoms with Crippen LogP contribution in [0.15, 0.2) is 0 Å². The summed E-state index contributed by atoms with van der Waals surface area (Å²) in [6.07, 6.45) is 0.471. The lowest BCUT2D eigenvalue weighted by Crippen LogP contribution is -2.32. The van der Waals surface area contributed by atoms with Gasteiger partial charge in [-0.05, 0) is 13.3 Å². The Bertz CT molecular complexity index is 159. The van der Waals surface area contributed by atoms with Gasteiger partial charge in [-0.15, -0.1) is 0 Å². The van der Waals surface area contributed by atoms with E-state index in [1.165, 1.54) is 6.92 Å². The van der Waals surface area contributed by atoms with Crippen molar-refractivity contribution in [1.82, 2.24) is 0 Å². The van der Waals surface area contributed by atoms with Crippen LogP contribution in [0.3, 0.4) is 0 Å². The fourth-order valence-corrected chi connectivity index (χ4v) is 0.308. The molecule has 0 aromatic rings. The van der Waals surface area contributed by atoms with Crippen molar-refractivity contribution in [2.45, 2.75) is 20.3 Å². The number of hydrogen-bond donors (Lipinski definition) is 1. The van der Waals surface area contributed by atoms with Crippen molar-refractivity contribution in [1.29, 1.82) is 5.26 Å². The minimum Gasteiger partial charge on any atom is -0.368 e. The van der Waals surface area contributed by atoms with Crippen LogP contribution in [0.2, 0.25) is 0 Å². The van der Waals surface area contributed by atoms with Gasteiger partial charge in [0.2, 0.25) is 5.91 Å². The van der Waals surface area contributed by atoms with Gasteiger partial charge < -0.3 is 5.73 Å². The van der Waals surface area contributed by atoms with Crippen LogP contribution in [0, 0.1) is 16.7 Å². The van der Waals surface area contributed by atoms with E-state index in [1.807, 2.05) is 6.07 Å². The van der Waals surface area contributed by atoms with E-state index in [1.54, 1.807) is 6.92 Å². The van der Waals surface area contributed by atoms with Gasteiger partial charge >= 0.3 is 0 Å². The Morgan fingerprint density at radius 3 is 2.33 bits per heavy atom. The van der Waals surface area contributed by atoms with Gasteiger partial charge in [-0.25, -0.2) is 0 Å². The van der Waals surface area contributed by atoms with Gasteiger partial charge in [0, 0.05) is 0 Å². The molecule has 0 aromatic carbocycles. The lowest BCUT2D eigenvalue weighted by Gasteiger charge is -2.12. The first-order valence-electron chi connectivity index (χ1n) is 2.78. The van der Waals surface area contributed by atoms with Crippen molar-refractivity contribution < 1.29 is 4.79 Å². The van der Waals surface area contributed by atoms with Crippen LogP contribution >= 0.6 is 0 Å². The highest BCUT2D eigenvalue weighted by Crippen LogP contribution is 2.17. The third-order valence-electron chi connectivity index (χ3n) is 1.50. The molecule has 9 heavy (non-hydrogen) atoms. The topological polar surface area (TPSA) is 66.9 Å². The zero-order valence-corrected chi connectivity index (χ0v) is 5.64. The molecule has 3 nitrogen and oxygen atoms in total. The molecule has 0 saturated heterocycles. The van der Waals surface area contributed by atoms with Crippen molar-refractivity contribution in [3.8, 4) is 6.07 Å². The van der Waals surface area contributed by atoms with E-state index in [-0.39, 0.29) is 0 Å². The van der Waals surface area contributed by atoms with Crippen molar-refractivity contribution in [2.75, 3.05) is 0 Å². The van der Waals surface area contributed by atoms with E-state index in [0.717, 1.165) is 0 Å². The Kier molecular flexibility index (Phi) is 2.20. The van der Waals surface area contributed by atoms with E-state index in [2.05, 4.69) is 0 Å². The molecule has 0 heterocycles. The second-order valence-corrected chi connectivity index (χ2v) is 2.16. The second-order valence-electron chi connectivity index (χ2n) is 2.16. The quantitative estimate of drug-likeness (QED) is 0.582. The van der Waals surface area contributed by atoms with Gasteiger partial charge in [0.05, 0.1) is 6.07 Å². The van der Waals surface area contributed by atoms with Gasteiger partial charge in [-0.3, -0.25) is 4.79 Å². The number of carbonyl (C=O) groups excluding carboxylic acids is 1. The van der Waals surface area contributed by atoms with E-state index in [0.29, 0.717) is 6.42 Å². The summed E-state index contributed by atoms with van der Waals surface area (Å²) >= 11 is 0. The maximum atomic E-state index is 10.5. The molecule has 0 aliphatic carbocycles. The third kappa shape index (κ3) is 1.43. The zero-order valence-electron chi connectivity index (χ0n) is 5.64. The summed E-state index contributed by atoms with van der Waals surface area (Å²) in [5, 5.41) is 8.40. The molecule has 0 aliphatic heterocycles. The molecule has 50 valence electrons. The molecule has 0 radical (unpaired) electrons. The minimum atomic E-state index is -0.972. The third-order valence-corrected chi connectivity index (χ3v) is 1.50. The average Bonchev–Trinajstić information content (AvgIpc) is 1.86. The van der Waals surface area contributed by atoms with Gasteiger partial charge in [0.15, 0.2) is 0 Å². The smallest absolute Gasteiger partial charge is 0.237 e. The minimum absolute atomic E-state index is 0.471. The molecule has 0 saturated carbocycles. The van der Waals surface area contributed by atoms with Crippen molar-refractivity contribution >= 4 is 5.91 Å². The maximum absolute atomic E-state index is 10.5. The van der Waals surface area contributed by atoms with Crippen LogP contribution in [0.5, 0.6) is 0 Å². The average molecular weight is 126 g/mol. The van der Waals surface area contributed by atoms with Gasteiger partial charge in [-0.2, -0.15) is 5.26 Å². The molecule has 0 unspecified atom stereocenters. The van der Waals surface area contributed by atoms with E-state index >= 15 is 0 Å². The highest BCUT2D eigenvalue weighted by molar-refractivity contribution is 5.83. The number of nitriles is 1. The predicted molar refractivity (Wildman–Crippen MR) is 33.2 cm³/mol. The summed E-state index contributed by atoms with van der Waals surface area (Å²) in [6.45, 7) is 3.29. The fraction of sp³-hybridized carbons (Fsp3) is 0.667. The van der Waals surface area contributed by atoms with E-state index in [4.69, 9.17) is 11.0 Å². The lowest BCUT2D eigenvalue weighted by atomic mass is 9.89. The lowest BCUT2D eigenvalue weighted by molar-refractivity contribution is -0.124. The normalized spacial score (nSPS) is 15.7. The number of nitrogens with zero attached hydrogens (tertiary/aromatic N) is 1. The Balaban J connectivity index is 4.33. The molecular formula is C6H10N2O. The van der Waals surface area contributed by atoms with Crippen LogP contribution in [0.1, 0.15) is 20.3 Å². The van der Waals surface area contributed by atoms with Crippen LogP contribution in [0.4, 0.5) is 0 Å². The molecular weight excluding hydrogens is 116 g/mol. The number of rotatable bonds is 2. The fourth-order valence-electron chi connectivity index (χ4n) is 0.308. The molecule has 0 bridgehead atoms. The number of nitrogens with two attached hydrogens (primary N) is 1. The molecule has 0 spiro atoms. The first-order valence-corrected chi connectivity index (χ1v) is 2.78. The highest BCUT2D eigenvalue weighted by atomic mass is 16.1. The first kappa shape index (κ1) is 7.96. The summed E-state index contributed by atoms with van der Waals surface area (Å²) < 4.78 is 0. The van der Waals surface area contributed by atoms with Crippen LogP contribution in [-0.4, -0.2) is 5.91 Å². The van der Waals surface area contributed by atoms with Crippen LogP contribution in [-0.2, 0) is 4.79 Å². The molecule has 1 atom stereocenters. The maximum Gasteiger partial charge on any atom is 0.237 e. The highest BCUT2D eigenvalue weighted by Gasteiger charge is 2.27. The van der Waals surface area contributed by atoms with E-state index < -0.39 is 11.3 Å². The molecule has 0 rings (SSSR count). The van der Waals surface area contributed by atoms with Crippen molar-refractivity contribution in [2.24, 2.45) is 11.1 Å². The number of hydrogen-bond acceptors (Lipinski definition) is 2. The number of amides is 1. The SMILES string of the molecule is CC[C@@](C)(C#N)C(N)=O. The molecule has 3 heteroatoms. The number of carbonyl (C=O) groups is 1. The molecule has 0 aromatic heterocycles. The molecule has 0 aliphatic rings. The predicted octanol–water partition coefficient (Wildman–Crippen LogP) is 0.412. The summed E-state index contributed by atoms with van der Waals surface area (Å²) in [5.41, 5.74) is 3.96. The molecule has 2 N–H and O–H groups in total. The Morgan fingerprint density at radius 2 is 2.33 bits per heavy atom. The Morgan fingerprint density at radius 1 is 1.89 bits per heavy atom. The summed E-state index contributed by atoms with van der Waals surface area (Å²) in [6, 6.07) is 1.85. The van der Waals surface area contributed by atoms with Crippen molar-refractivity contribution in [3.63, 3.8) is 0 Å². The summed E-state index contributed by atoms with van der Waals surface area (Å²) in [7, 11) is 0. The number of primary amides is 1.